The SMILES string of the molecule is CCN(Cc1ccc(C=Cc2ccccc2C(=O)NC(Cc2ccccc2)C(=O)C(N)=O)cc1)C(C)C. The third-order valence-electron chi connectivity index (χ3n) is 6.31. The third kappa shape index (κ3) is 7.98. The first-order chi connectivity index (χ1) is 17.8. The Bertz CT molecular complexity index is 1230. The highest BCUT2D eigenvalue weighted by Crippen LogP contribution is 2.16. The zero-order valence-corrected chi connectivity index (χ0v) is 21.7. The third-order valence-corrected chi connectivity index (χ3v) is 6.31. The number of rotatable bonds is 12. The number of nitrogens with two attached hydrogens (primary N) is 1. The quantitative estimate of drug-likeness (QED) is 0.285. The van der Waals surface area contributed by atoms with Gasteiger partial charge in [0.15, 0.2) is 0 Å². The average molecular weight is 498 g/mol. The molecule has 3 aromatic carbocycles. The molecule has 0 aromatic heterocycles. The molecule has 0 radical (unpaired) electrons. The van der Waals surface area contributed by atoms with Crippen LogP contribution in [0.2, 0.25) is 0 Å². The average Bonchev–Trinajstić information content (AvgIpc) is 2.90. The monoisotopic (exact) mass is 497 g/mol. The minimum atomic E-state index is -1.08. The van der Waals surface area contributed by atoms with E-state index in [9.17, 15) is 14.4 Å². The zero-order chi connectivity index (χ0) is 26.8. The lowest BCUT2D eigenvalue weighted by Crippen LogP contribution is -2.47. The van der Waals surface area contributed by atoms with E-state index in [4.69, 9.17) is 5.73 Å². The number of primary amides is 1. The summed E-state index contributed by atoms with van der Waals surface area (Å²) in [5.74, 6) is -2.35. The van der Waals surface area contributed by atoms with E-state index in [0.717, 1.165) is 24.2 Å². The molecule has 3 rings (SSSR count). The number of nitrogens with zero attached hydrogens (tertiary/aromatic N) is 1. The first-order valence-corrected chi connectivity index (χ1v) is 12.6. The molecule has 0 aliphatic heterocycles. The highest BCUT2D eigenvalue weighted by Gasteiger charge is 2.26. The summed E-state index contributed by atoms with van der Waals surface area (Å²) >= 11 is 0. The summed E-state index contributed by atoms with van der Waals surface area (Å²) in [4.78, 5) is 39.6. The normalized spacial score (nSPS) is 12.1. The van der Waals surface area contributed by atoms with E-state index < -0.39 is 23.6 Å². The predicted molar refractivity (Wildman–Crippen MR) is 149 cm³/mol. The Morgan fingerprint density at radius 1 is 0.865 bits per heavy atom. The van der Waals surface area contributed by atoms with Gasteiger partial charge >= 0.3 is 0 Å². The molecule has 3 N–H and O–H groups in total. The number of carbonyl (C=O) groups excluding carboxylic acids is 3. The molecular weight excluding hydrogens is 462 g/mol. The van der Waals surface area contributed by atoms with E-state index >= 15 is 0 Å². The molecule has 0 saturated heterocycles. The summed E-state index contributed by atoms with van der Waals surface area (Å²) in [5.41, 5.74) is 9.43. The number of nitrogens with one attached hydrogen (secondary N) is 1. The molecule has 0 spiro atoms. The van der Waals surface area contributed by atoms with Crippen LogP contribution in [0.5, 0.6) is 0 Å². The molecule has 0 bridgehead atoms. The second-order valence-electron chi connectivity index (χ2n) is 9.26. The van der Waals surface area contributed by atoms with E-state index in [0.29, 0.717) is 17.2 Å². The molecule has 0 heterocycles. The van der Waals surface area contributed by atoms with Crippen molar-refractivity contribution in [1.29, 1.82) is 0 Å². The van der Waals surface area contributed by atoms with Crippen LogP contribution in [0, 0.1) is 0 Å². The van der Waals surface area contributed by atoms with Gasteiger partial charge in [-0.05, 0) is 48.7 Å². The van der Waals surface area contributed by atoms with Crippen molar-refractivity contribution < 1.29 is 14.4 Å². The molecule has 1 atom stereocenters. The molecule has 1 unspecified atom stereocenters. The maximum absolute atomic E-state index is 13.2. The van der Waals surface area contributed by atoms with Gasteiger partial charge in [0.1, 0.15) is 6.04 Å². The van der Waals surface area contributed by atoms with Crippen LogP contribution in [0.3, 0.4) is 0 Å². The minimum absolute atomic E-state index is 0.172. The fourth-order valence-corrected chi connectivity index (χ4v) is 4.13. The molecule has 3 aromatic rings. The zero-order valence-electron chi connectivity index (χ0n) is 21.7. The van der Waals surface area contributed by atoms with Gasteiger partial charge in [-0.15, -0.1) is 0 Å². The fraction of sp³-hybridized carbons (Fsp3) is 0.258. The summed E-state index contributed by atoms with van der Waals surface area (Å²) in [6.45, 7) is 8.45. The fourth-order valence-electron chi connectivity index (χ4n) is 4.13. The van der Waals surface area contributed by atoms with Gasteiger partial charge in [-0.3, -0.25) is 19.3 Å². The Labute approximate surface area is 219 Å². The maximum atomic E-state index is 13.2. The summed E-state index contributed by atoms with van der Waals surface area (Å²) in [6, 6.07) is 24.1. The van der Waals surface area contributed by atoms with E-state index in [1.54, 1.807) is 12.1 Å². The van der Waals surface area contributed by atoms with Crippen molar-refractivity contribution in [3.8, 4) is 0 Å². The second-order valence-corrected chi connectivity index (χ2v) is 9.26. The first-order valence-electron chi connectivity index (χ1n) is 12.6. The molecule has 0 fully saturated rings. The van der Waals surface area contributed by atoms with Gasteiger partial charge in [0.25, 0.3) is 11.8 Å². The van der Waals surface area contributed by atoms with Crippen LogP contribution in [-0.2, 0) is 22.6 Å². The first kappa shape index (κ1) is 27.6. The van der Waals surface area contributed by atoms with E-state index in [-0.39, 0.29) is 6.42 Å². The van der Waals surface area contributed by atoms with Crippen molar-refractivity contribution in [2.75, 3.05) is 6.54 Å². The summed E-state index contributed by atoms with van der Waals surface area (Å²) < 4.78 is 0. The number of hydrogen-bond donors (Lipinski definition) is 2. The standard InChI is InChI=1S/C31H35N3O3/c1-4-34(22(2)3)21-25-16-14-23(15-17-25)18-19-26-12-8-9-13-27(26)31(37)33-28(29(35)30(32)36)20-24-10-6-5-7-11-24/h5-19,22,28H,4,20-21H2,1-3H3,(H2,32,36)(H,33,37). The molecule has 2 amide bonds. The number of hydrogen-bond acceptors (Lipinski definition) is 4. The predicted octanol–water partition coefficient (Wildman–Crippen LogP) is 4.48. The van der Waals surface area contributed by atoms with E-state index in [1.807, 2.05) is 54.6 Å². The molecule has 6 heteroatoms. The van der Waals surface area contributed by atoms with Gasteiger partial charge in [0.2, 0.25) is 5.78 Å². The van der Waals surface area contributed by atoms with Gasteiger partial charge in [0.05, 0.1) is 0 Å². The van der Waals surface area contributed by atoms with Gasteiger partial charge in [-0.1, -0.05) is 91.9 Å². The smallest absolute Gasteiger partial charge is 0.287 e. The number of ketones is 1. The van der Waals surface area contributed by atoms with Crippen molar-refractivity contribution in [2.45, 2.75) is 45.8 Å². The van der Waals surface area contributed by atoms with Gasteiger partial charge in [-0.25, -0.2) is 0 Å². The lowest BCUT2D eigenvalue weighted by Gasteiger charge is -2.24. The van der Waals surface area contributed by atoms with Crippen molar-refractivity contribution >= 4 is 29.7 Å². The van der Waals surface area contributed by atoms with Crippen LogP contribution in [0.15, 0.2) is 78.9 Å². The molecule has 0 saturated carbocycles. The molecule has 0 aliphatic rings. The molecule has 37 heavy (non-hydrogen) atoms. The summed E-state index contributed by atoms with van der Waals surface area (Å²) in [5, 5.41) is 2.71. The van der Waals surface area contributed by atoms with Crippen molar-refractivity contribution in [2.24, 2.45) is 5.73 Å². The molecule has 6 nitrogen and oxygen atoms in total. The summed E-state index contributed by atoms with van der Waals surface area (Å²) in [6.07, 6.45) is 4.00. The van der Waals surface area contributed by atoms with E-state index in [1.165, 1.54) is 5.56 Å². The van der Waals surface area contributed by atoms with Gasteiger partial charge in [0, 0.05) is 24.6 Å². The molecule has 0 aliphatic carbocycles. The Hall–Kier alpha value is -4.03. The topological polar surface area (TPSA) is 92.5 Å². The van der Waals surface area contributed by atoms with Gasteiger partial charge < -0.3 is 11.1 Å². The number of Topliss-reactive ketones (excluding diaryl/α,β-unsaturated/α-hetero) is 1. The highest BCUT2D eigenvalue weighted by molar-refractivity contribution is 6.38. The highest BCUT2D eigenvalue weighted by atomic mass is 16.2. The Morgan fingerprint density at radius 2 is 1.51 bits per heavy atom. The second kappa shape index (κ2) is 13.3. The van der Waals surface area contributed by atoms with Crippen LogP contribution in [-0.4, -0.2) is 41.1 Å². The van der Waals surface area contributed by atoms with Crippen molar-refractivity contribution in [3.63, 3.8) is 0 Å². The van der Waals surface area contributed by atoms with Gasteiger partial charge in [-0.2, -0.15) is 0 Å². The maximum Gasteiger partial charge on any atom is 0.287 e. The molecular formula is C31H35N3O3. The van der Waals surface area contributed by atoms with Crippen molar-refractivity contribution in [3.05, 3.63) is 107 Å². The Balaban J connectivity index is 1.75. The van der Waals surface area contributed by atoms with Crippen LogP contribution < -0.4 is 11.1 Å². The van der Waals surface area contributed by atoms with Crippen LogP contribution >= 0.6 is 0 Å². The van der Waals surface area contributed by atoms with Crippen LogP contribution in [0.25, 0.3) is 12.2 Å². The number of amides is 2. The minimum Gasteiger partial charge on any atom is -0.363 e. The van der Waals surface area contributed by atoms with Crippen LogP contribution in [0.4, 0.5) is 0 Å². The lowest BCUT2D eigenvalue weighted by atomic mass is 10.00. The summed E-state index contributed by atoms with van der Waals surface area (Å²) in [7, 11) is 0. The Morgan fingerprint density at radius 3 is 2.14 bits per heavy atom. The largest absolute Gasteiger partial charge is 0.363 e. The number of carbonyl (C=O) groups is 3. The van der Waals surface area contributed by atoms with Crippen molar-refractivity contribution in [1.82, 2.24) is 10.2 Å². The van der Waals surface area contributed by atoms with Crippen LogP contribution in [0.1, 0.15) is 53.4 Å². The lowest BCUT2D eigenvalue weighted by molar-refractivity contribution is -0.137. The van der Waals surface area contributed by atoms with E-state index in [2.05, 4.69) is 55.3 Å². The Kier molecular flexibility index (Phi) is 9.92. The number of benzene rings is 3. The molecule has 192 valence electrons.